The van der Waals surface area contributed by atoms with Gasteiger partial charge >= 0.3 is 0 Å². The smallest absolute Gasteiger partial charge is 0.00248 e. The quantitative estimate of drug-likeness (QED) is 0.363. The van der Waals surface area contributed by atoms with Gasteiger partial charge < -0.3 is 4.90 Å². The molecule has 0 heterocycles. The summed E-state index contributed by atoms with van der Waals surface area (Å²) < 4.78 is 0. The van der Waals surface area contributed by atoms with Crippen molar-refractivity contribution < 1.29 is 0 Å². The predicted octanol–water partition coefficient (Wildman–Crippen LogP) is 5.64. The Morgan fingerprint density at radius 3 is 1.17 bits per heavy atom. The molecular formula is C17H37N. The van der Waals surface area contributed by atoms with E-state index in [0.29, 0.717) is 0 Å². The molecule has 0 aliphatic carbocycles. The van der Waals surface area contributed by atoms with Gasteiger partial charge in [0.25, 0.3) is 0 Å². The van der Waals surface area contributed by atoms with E-state index in [1.54, 1.807) is 0 Å². The molecule has 0 amide bonds. The Kier molecular flexibility index (Phi) is 15.0. The summed E-state index contributed by atoms with van der Waals surface area (Å²) in [5, 5.41) is 0. The minimum atomic E-state index is 1.26. The van der Waals surface area contributed by atoms with Gasteiger partial charge in [-0.25, -0.2) is 0 Å². The van der Waals surface area contributed by atoms with Crippen LogP contribution in [0, 0.1) is 0 Å². The highest BCUT2D eigenvalue weighted by Gasteiger charge is 1.94. The Morgan fingerprint density at radius 2 is 0.833 bits per heavy atom. The maximum Gasteiger partial charge on any atom is -0.00248 e. The highest BCUT2D eigenvalue weighted by Crippen LogP contribution is 2.12. The van der Waals surface area contributed by atoms with Crippen molar-refractivity contribution in [3.05, 3.63) is 0 Å². The molecule has 110 valence electrons. The van der Waals surface area contributed by atoms with E-state index in [9.17, 15) is 0 Å². The number of hydrogen-bond acceptors (Lipinski definition) is 1. The van der Waals surface area contributed by atoms with E-state index >= 15 is 0 Å². The summed E-state index contributed by atoms with van der Waals surface area (Å²) in [5.41, 5.74) is 0. The number of hydrogen-bond donors (Lipinski definition) is 0. The fourth-order valence-electron chi connectivity index (χ4n) is 2.45. The number of unbranched alkanes of at least 4 members (excludes halogenated alkanes) is 12. The second-order valence-electron chi connectivity index (χ2n) is 6.05. The van der Waals surface area contributed by atoms with E-state index in [1.165, 1.54) is 90.0 Å². The van der Waals surface area contributed by atoms with Crippen molar-refractivity contribution in [3.63, 3.8) is 0 Å². The highest BCUT2D eigenvalue weighted by molar-refractivity contribution is 4.50. The standard InChI is InChI=1S/C17H37N/c1-4-5-6-7-8-9-10-11-12-13-14-15-16-17-18(2)3/h4-17H2,1-3H3. The molecule has 0 aromatic heterocycles. The summed E-state index contributed by atoms with van der Waals surface area (Å²) in [6, 6.07) is 0. The van der Waals surface area contributed by atoms with Gasteiger partial charge in [0.1, 0.15) is 0 Å². The maximum absolute atomic E-state index is 2.29. The predicted molar refractivity (Wildman–Crippen MR) is 84.2 cm³/mol. The molecule has 0 spiro atoms. The lowest BCUT2D eigenvalue weighted by molar-refractivity contribution is 0.389. The van der Waals surface area contributed by atoms with Crippen LogP contribution in [0.2, 0.25) is 0 Å². The lowest BCUT2D eigenvalue weighted by atomic mass is 10.0. The van der Waals surface area contributed by atoms with Crippen LogP contribution in [-0.2, 0) is 0 Å². The van der Waals surface area contributed by atoms with Crippen molar-refractivity contribution in [1.29, 1.82) is 0 Å². The molecule has 0 N–H and O–H groups in total. The Morgan fingerprint density at radius 1 is 0.500 bits per heavy atom. The van der Waals surface area contributed by atoms with Crippen LogP contribution in [0.25, 0.3) is 0 Å². The van der Waals surface area contributed by atoms with Crippen LogP contribution in [0.4, 0.5) is 0 Å². The Labute approximate surface area is 116 Å². The first-order valence-corrected chi connectivity index (χ1v) is 8.42. The molecule has 0 bridgehead atoms. The molecule has 0 aliphatic heterocycles. The summed E-state index contributed by atoms with van der Waals surface area (Å²) in [6.07, 6.45) is 18.8. The zero-order valence-corrected chi connectivity index (χ0v) is 13.3. The van der Waals surface area contributed by atoms with Crippen molar-refractivity contribution in [2.45, 2.75) is 90.4 Å². The first kappa shape index (κ1) is 18.0. The van der Waals surface area contributed by atoms with Gasteiger partial charge in [-0.05, 0) is 27.1 Å². The molecule has 0 aliphatic rings. The third-order valence-electron chi connectivity index (χ3n) is 3.71. The van der Waals surface area contributed by atoms with Gasteiger partial charge in [0.05, 0.1) is 0 Å². The summed E-state index contributed by atoms with van der Waals surface area (Å²) in [5.74, 6) is 0. The average Bonchev–Trinajstić information content (AvgIpc) is 2.34. The first-order valence-electron chi connectivity index (χ1n) is 8.42. The van der Waals surface area contributed by atoms with Gasteiger partial charge in [-0.2, -0.15) is 0 Å². The monoisotopic (exact) mass is 255 g/mol. The fourth-order valence-corrected chi connectivity index (χ4v) is 2.45. The molecule has 0 atom stereocenters. The SMILES string of the molecule is CCCCCCCCCCCCCCCN(C)C. The second-order valence-corrected chi connectivity index (χ2v) is 6.05. The molecule has 0 unspecified atom stereocenters. The van der Waals surface area contributed by atoms with E-state index in [4.69, 9.17) is 0 Å². The third kappa shape index (κ3) is 16.0. The van der Waals surface area contributed by atoms with Crippen LogP contribution in [-0.4, -0.2) is 25.5 Å². The normalized spacial score (nSPS) is 11.3. The maximum atomic E-state index is 2.29. The summed E-state index contributed by atoms with van der Waals surface area (Å²) in [6.45, 7) is 3.55. The molecule has 0 saturated heterocycles. The van der Waals surface area contributed by atoms with E-state index in [1.807, 2.05) is 0 Å². The molecule has 1 heteroatoms. The van der Waals surface area contributed by atoms with Crippen molar-refractivity contribution in [2.24, 2.45) is 0 Å². The van der Waals surface area contributed by atoms with Crippen molar-refractivity contribution in [3.8, 4) is 0 Å². The molecule has 1 nitrogen and oxygen atoms in total. The van der Waals surface area contributed by atoms with Gasteiger partial charge in [-0.3, -0.25) is 0 Å². The van der Waals surface area contributed by atoms with Crippen molar-refractivity contribution in [2.75, 3.05) is 20.6 Å². The zero-order chi connectivity index (χ0) is 13.5. The second kappa shape index (κ2) is 15.0. The van der Waals surface area contributed by atoms with E-state index < -0.39 is 0 Å². The summed E-state index contributed by atoms with van der Waals surface area (Å²) in [4.78, 5) is 2.29. The summed E-state index contributed by atoms with van der Waals surface area (Å²) in [7, 11) is 4.33. The van der Waals surface area contributed by atoms with E-state index in [2.05, 4.69) is 25.9 Å². The molecular weight excluding hydrogens is 218 g/mol. The minimum Gasteiger partial charge on any atom is -0.309 e. The van der Waals surface area contributed by atoms with Crippen LogP contribution < -0.4 is 0 Å². The molecule has 18 heavy (non-hydrogen) atoms. The molecule has 0 aromatic carbocycles. The summed E-state index contributed by atoms with van der Waals surface area (Å²) >= 11 is 0. The number of rotatable bonds is 14. The molecule has 0 rings (SSSR count). The van der Waals surface area contributed by atoms with E-state index in [-0.39, 0.29) is 0 Å². The van der Waals surface area contributed by atoms with E-state index in [0.717, 1.165) is 0 Å². The van der Waals surface area contributed by atoms with Crippen LogP contribution in [0.5, 0.6) is 0 Å². The Hall–Kier alpha value is -0.0400. The third-order valence-corrected chi connectivity index (χ3v) is 3.71. The first-order chi connectivity index (χ1) is 8.77. The van der Waals surface area contributed by atoms with Gasteiger partial charge in [-0.1, -0.05) is 84.0 Å². The Bertz CT molecular complexity index is 143. The number of nitrogens with zero attached hydrogens (tertiary/aromatic N) is 1. The highest BCUT2D eigenvalue weighted by atomic mass is 15.0. The Balaban J connectivity index is 2.90. The lowest BCUT2D eigenvalue weighted by Gasteiger charge is -2.08. The largest absolute Gasteiger partial charge is 0.309 e. The van der Waals surface area contributed by atoms with Crippen LogP contribution in [0.3, 0.4) is 0 Å². The van der Waals surface area contributed by atoms with Crippen molar-refractivity contribution in [1.82, 2.24) is 4.90 Å². The van der Waals surface area contributed by atoms with Gasteiger partial charge in [0.2, 0.25) is 0 Å². The molecule has 0 radical (unpaired) electrons. The fraction of sp³-hybridized carbons (Fsp3) is 1.00. The van der Waals surface area contributed by atoms with Gasteiger partial charge in [0.15, 0.2) is 0 Å². The minimum absolute atomic E-state index is 1.26. The van der Waals surface area contributed by atoms with Crippen LogP contribution in [0.1, 0.15) is 90.4 Å². The topological polar surface area (TPSA) is 3.24 Å². The van der Waals surface area contributed by atoms with Crippen molar-refractivity contribution >= 4 is 0 Å². The molecule has 0 fully saturated rings. The van der Waals surface area contributed by atoms with Gasteiger partial charge in [-0.15, -0.1) is 0 Å². The van der Waals surface area contributed by atoms with Crippen LogP contribution >= 0.6 is 0 Å². The average molecular weight is 255 g/mol. The zero-order valence-electron chi connectivity index (χ0n) is 13.3. The lowest BCUT2D eigenvalue weighted by Crippen LogP contribution is -2.12. The van der Waals surface area contributed by atoms with Gasteiger partial charge in [0, 0.05) is 0 Å². The molecule has 0 aromatic rings. The molecule has 0 saturated carbocycles. The van der Waals surface area contributed by atoms with Crippen LogP contribution in [0.15, 0.2) is 0 Å².